The lowest BCUT2D eigenvalue weighted by Crippen LogP contribution is -2.21. The second kappa shape index (κ2) is 5.61. The van der Waals surface area contributed by atoms with Gasteiger partial charge in [-0.25, -0.2) is 13.6 Å². The number of hydrogen-bond acceptors (Lipinski definition) is 5. The van der Waals surface area contributed by atoms with Crippen LogP contribution in [-0.2, 0) is 10.0 Å². The highest BCUT2D eigenvalue weighted by molar-refractivity contribution is 7.98. The number of anilines is 2. The van der Waals surface area contributed by atoms with Gasteiger partial charge in [0.05, 0.1) is 5.69 Å². The first-order valence-electron chi connectivity index (χ1n) is 5.02. The Morgan fingerprint density at radius 1 is 1.47 bits per heavy atom. The summed E-state index contributed by atoms with van der Waals surface area (Å²) in [4.78, 5) is 0.0328. The summed E-state index contributed by atoms with van der Waals surface area (Å²) < 4.78 is 22.8. The summed E-state index contributed by atoms with van der Waals surface area (Å²) in [5, 5.41) is 8.26. The van der Waals surface area contributed by atoms with Gasteiger partial charge in [0.25, 0.3) is 0 Å². The van der Waals surface area contributed by atoms with Gasteiger partial charge in [-0.1, -0.05) is 0 Å². The van der Waals surface area contributed by atoms with Crippen LogP contribution in [-0.4, -0.2) is 26.5 Å². The Balaban J connectivity index is 3.07. The van der Waals surface area contributed by atoms with E-state index in [-0.39, 0.29) is 10.9 Å². The maximum absolute atomic E-state index is 11.4. The van der Waals surface area contributed by atoms with Crippen LogP contribution in [0.15, 0.2) is 23.1 Å². The highest BCUT2D eigenvalue weighted by Gasteiger charge is 2.15. The Morgan fingerprint density at radius 2 is 2.12 bits per heavy atom. The molecule has 5 N–H and O–H groups in total. The van der Waals surface area contributed by atoms with E-state index in [4.69, 9.17) is 10.9 Å². The Bertz CT molecular complexity index is 488. The molecule has 0 aliphatic heterocycles. The first kappa shape index (κ1) is 14.1. The van der Waals surface area contributed by atoms with Gasteiger partial charge in [0.15, 0.2) is 0 Å². The van der Waals surface area contributed by atoms with E-state index in [1.165, 1.54) is 6.07 Å². The summed E-state index contributed by atoms with van der Waals surface area (Å²) in [5.41, 5.74) is 6.42. The van der Waals surface area contributed by atoms with Crippen LogP contribution in [0.5, 0.6) is 0 Å². The average molecular weight is 275 g/mol. The lowest BCUT2D eigenvalue weighted by atomic mass is 10.2. The number of hydrogen-bond donors (Lipinski definition) is 3. The van der Waals surface area contributed by atoms with Gasteiger partial charge in [-0.3, -0.25) is 0 Å². The summed E-state index contributed by atoms with van der Waals surface area (Å²) in [6.07, 6.45) is 1.99. The van der Waals surface area contributed by atoms with Gasteiger partial charge in [0.2, 0.25) is 10.0 Å². The molecule has 96 valence electrons. The van der Waals surface area contributed by atoms with E-state index in [1.807, 2.05) is 13.2 Å². The van der Waals surface area contributed by atoms with Gasteiger partial charge in [-0.15, -0.1) is 0 Å². The van der Waals surface area contributed by atoms with Crippen molar-refractivity contribution in [2.45, 2.75) is 17.9 Å². The first-order chi connectivity index (χ1) is 7.84. The van der Waals surface area contributed by atoms with Crippen LogP contribution in [0.4, 0.5) is 11.4 Å². The number of thioether (sulfide) groups is 1. The van der Waals surface area contributed by atoms with Crippen molar-refractivity contribution in [3.05, 3.63) is 18.2 Å². The highest BCUT2D eigenvalue weighted by Crippen LogP contribution is 2.23. The fraction of sp³-hybridized carbons (Fsp3) is 0.400. The number of sulfonamides is 1. The van der Waals surface area contributed by atoms with Crippen molar-refractivity contribution in [2.24, 2.45) is 5.14 Å². The molecule has 0 aliphatic carbocycles. The molecule has 1 atom stereocenters. The lowest BCUT2D eigenvalue weighted by Gasteiger charge is -2.16. The van der Waals surface area contributed by atoms with E-state index in [0.717, 1.165) is 5.75 Å². The third kappa shape index (κ3) is 4.10. The van der Waals surface area contributed by atoms with E-state index in [0.29, 0.717) is 11.4 Å². The molecule has 0 bridgehead atoms. The molecule has 1 aromatic carbocycles. The van der Waals surface area contributed by atoms with E-state index >= 15 is 0 Å². The van der Waals surface area contributed by atoms with Crippen molar-refractivity contribution in [3.8, 4) is 0 Å². The van der Waals surface area contributed by atoms with Crippen LogP contribution in [0.25, 0.3) is 0 Å². The van der Waals surface area contributed by atoms with Crippen LogP contribution in [0, 0.1) is 0 Å². The maximum atomic E-state index is 11.4. The predicted molar refractivity (Wildman–Crippen MR) is 73.7 cm³/mol. The highest BCUT2D eigenvalue weighted by atomic mass is 32.2. The Hall–Kier alpha value is -0.920. The quantitative estimate of drug-likeness (QED) is 0.698. The topological polar surface area (TPSA) is 98.2 Å². The average Bonchev–Trinajstić information content (AvgIpc) is 2.19. The number of nitrogens with two attached hydrogens (primary N) is 2. The molecule has 17 heavy (non-hydrogen) atoms. The smallest absolute Gasteiger partial charge is 0.240 e. The number of nitrogen functional groups attached to an aromatic ring is 1. The number of benzene rings is 1. The monoisotopic (exact) mass is 275 g/mol. The number of rotatable bonds is 5. The van der Waals surface area contributed by atoms with E-state index < -0.39 is 10.0 Å². The molecule has 0 fully saturated rings. The molecular formula is C10H17N3O2S2. The van der Waals surface area contributed by atoms with E-state index in [1.54, 1.807) is 23.9 Å². The molecule has 0 saturated carbocycles. The fourth-order valence-corrected chi connectivity index (χ4v) is 2.77. The summed E-state index contributed by atoms with van der Waals surface area (Å²) in [6, 6.07) is 4.78. The van der Waals surface area contributed by atoms with Crippen LogP contribution >= 0.6 is 11.8 Å². The van der Waals surface area contributed by atoms with Crippen LogP contribution in [0.3, 0.4) is 0 Å². The molecule has 1 rings (SSSR count). The fourth-order valence-electron chi connectivity index (χ4n) is 1.45. The second-order valence-electron chi connectivity index (χ2n) is 3.80. The molecule has 0 aliphatic rings. The summed E-state index contributed by atoms with van der Waals surface area (Å²) in [6.45, 7) is 1.97. The predicted octanol–water partition coefficient (Wildman–Crippen LogP) is 1.08. The Kier molecular flexibility index (Phi) is 4.67. The van der Waals surface area contributed by atoms with Crippen molar-refractivity contribution >= 4 is 33.2 Å². The molecule has 0 amide bonds. The molecule has 5 nitrogen and oxygen atoms in total. The largest absolute Gasteiger partial charge is 0.399 e. The molecule has 0 heterocycles. The van der Waals surface area contributed by atoms with E-state index in [9.17, 15) is 8.42 Å². The maximum Gasteiger partial charge on any atom is 0.240 e. The standard InChI is InChI=1S/C10H17N3O2S2/c1-7(6-16-2)13-9-4-3-8(11)5-10(9)17(12,14)15/h3-5,7,13H,6,11H2,1-2H3,(H2,12,14,15). The lowest BCUT2D eigenvalue weighted by molar-refractivity contribution is 0.598. The third-order valence-corrected chi connectivity index (χ3v) is 3.91. The van der Waals surface area contributed by atoms with Crippen molar-refractivity contribution < 1.29 is 8.42 Å². The van der Waals surface area contributed by atoms with Gasteiger partial charge in [0.1, 0.15) is 4.90 Å². The molecule has 0 aromatic heterocycles. The van der Waals surface area contributed by atoms with Crippen molar-refractivity contribution in [1.82, 2.24) is 0 Å². The Morgan fingerprint density at radius 3 is 2.65 bits per heavy atom. The van der Waals surface area contributed by atoms with Crippen molar-refractivity contribution in [1.29, 1.82) is 0 Å². The van der Waals surface area contributed by atoms with E-state index in [2.05, 4.69) is 5.32 Å². The molecule has 0 spiro atoms. The summed E-state index contributed by atoms with van der Waals surface area (Å²) in [7, 11) is -3.77. The third-order valence-electron chi connectivity index (χ3n) is 2.13. The normalized spacial score (nSPS) is 13.4. The van der Waals surface area contributed by atoms with Gasteiger partial charge in [-0.05, 0) is 31.4 Å². The SMILES string of the molecule is CSCC(C)Nc1ccc(N)cc1S(N)(=O)=O. The van der Waals surface area contributed by atoms with Gasteiger partial charge in [0, 0.05) is 17.5 Å². The minimum atomic E-state index is -3.77. The number of primary sulfonamides is 1. The summed E-state index contributed by atoms with van der Waals surface area (Å²) in [5.74, 6) is 0.869. The zero-order valence-corrected chi connectivity index (χ0v) is 11.4. The van der Waals surface area contributed by atoms with Gasteiger partial charge < -0.3 is 11.1 Å². The second-order valence-corrected chi connectivity index (χ2v) is 6.24. The molecule has 1 unspecified atom stereocenters. The molecule has 0 radical (unpaired) electrons. The zero-order chi connectivity index (χ0) is 13.1. The minimum absolute atomic E-state index is 0.0328. The molecule has 0 saturated heterocycles. The zero-order valence-electron chi connectivity index (χ0n) is 9.80. The first-order valence-corrected chi connectivity index (χ1v) is 7.96. The van der Waals surface area contributed by atoms with Crippen molar-refractivity contribution in [2.75, 3.05) is 23.1 Å². The van der Waals surface area contributed by atoms with Crippen molar-refractivity contribution in [3.63, 3.8) is 0 Å². The number of nitrogens with one attached hydrogen (secondary N) is 1. The summed E-state index contributed by atoms with van der Waals surface area (Å²) >= 11 is 1.68. The minimum Gasteiger partial charge on any atom is -0.399 e. The molecule has 1 aromatic rings. The molecule has 7 heteroatoms. The molecular weight excluding hydrogens is 258 g/mol. The van der Waals surface area contributed by atoms with Crippen LogP contribution in [0.2, 0.25) is 0 Å². The van der Waals surface area contributed by atoms with Gasteiger partial charge >= 0.3 is 0 Å². The van der Waals surface area contributed by atoms with Crippen LogP contribution in [0.1, 0.15) is 6.92 Å². The van der Waals surface area contributed by atoms with Crippen LogP contribution < -0.4 is 16.2 Å². The van der Waals surface area contributed by atoms with Gasteiger partial charge in [-0.2, -0.15) is 11.8 Å². The Labute approximate surface area is 106 Å².